The van der Waals surface area contributed by atoms with Crippen LogP contribution in [-0.4, -0.2) is 55.5 Å². The third-order valence-electron chi connectivity index (χ3n) is 10.8. The molecule has 2 saturated carbocycles. The second kappa shape index (κ2) is 9.35. The number of benzene rings is 1. The minimum atomic E-state index is -3.53. The number of nitrogens with two attached hydrogens (primary N) is 2. The Morgan fingerprint density at radius 2 is 1.84 bits per heavy atom. The molecule has 2 bridgehead atoms. The Labute approximate surface area is 221 Å². The molecule has 8 nitrogen and oxygen atoms in total. The summed E-state index contributed by atoms with van der Waals surface area (Å²) in [5.41, 5.74) is 13.4. The second-order valence-electron chi connectivity index (χ2n) is 12.6. The van der Waals surface area contributed by atoms with Gasteiger partial charge in [-0.05, 0) is 79.2 Å². The SMILES string of the molecule is CC1(C)[C@@H]2CC[C@@]1(CS(=O)(=O)N1CCC3(CCc4ccccc43)CC1)[C@@H](NC(=O)[C@H](N)CCC(N)=O)C2. The maximum Gasteiger partial charge on any atom is 0.237 e. The van der Waals surface area contributed by atoms with E-state index in [4.69, 9.17) is 11.5 Å². The molecule has 0 aromatic heterocycles. The van der Waals surface area contributed by atoms with Crippen molar-refractivity contribution in [2.24, 2.45) is 28.2 Å². The van der Waals surface area contributed by atoms with E-state index in [1.54, 1.807) is 4.31 Å². The van der Waals surface area contributed by atoms with Crippen LogP contribution in [0.3, 0.4) is 0 Å². The number of carbonyl (C=O) groups excluding carboxylic acids is 2. The molecule has 1 saturated heterocycles. The van der Waals surface area contributed by atoms with Crippen LogP contribution in [0.4, 0.5) is 0 Å². The Bertz CT molecular complexity index is 1170. The van der Waals surface area contributed by atoms with Crippen molar-refractivity contribution in [1.29, 1.82) is 0 Å². The summed E-state index contributed by atoms with van der Waals surface area (Å²) in [6, 6.07) is 7.54. The number of hydrogen-bond acceptors (Lipinski definition) is 5. The molecule has 3 aliphatic carbocycles. The highest BCUT2D eigenvalue weighted by Gasteiger charge is 2.66. The van der Waals surface area contributed by atoms with Gasteiger partial charge in [-0.15, -0.1) is 0 Å². The molecule has 0 radical (unpaired) electrons. The predicted octanol–water partition coefficient (Wildman–Crippen LogP) is 2.20. The molecule has 1 aliphatic heterocycles. The number of hydrogen-bond donors (Lipinski definition) is 3. The van der Waals surface area contributed by atoms with Crippen LogP contribution in [-0.2, 0) is 31.4 Å². The van der Waals surface area contributed by atoms with Crippen molar-refractivity contribution in [3.05, 3.63) is 35.4 Å². The van der Waals surface area contributed by atoms with E-state index in [2.05, 4.69) is 43.4 Å². The number of fused-ring (bicyclic) bond motifs is 4. The fraction of sp³-hybridized carbons (Fsp3) is 0.714. The van der Waals surface area contributed by atoms with Gasteiger partial charge in [-0.3, -0.25) is 9.59 Å². The molecular formula is C28H42N4O4S. The van der Waals surface area contributed by atoms with Crippen LogP contribution in [0.1, 0.15) is 76.3 Å². The van der Waals surface area contributed by atoms with Gasteiger partial charge in [0.1, 0.15) is 0 Å². The van der Waals surface area contributed by atoms with E-state index in [0.29, 0.717) is 19.0 Å². The van der Waals surface area contributed by atoms with Crippen molar-refractivity contribution in [3.63, 3.8) is 0 Å². The number of sulfonamides is 1. The lowest BCUT2D eigenvalue weighted by atomic mass is 9.69. The van der Waals surface area contributed by atoms with E-state index in [-0.39, 0.29) is 41.4 Å². The molecule has 9 heteroatoms. The Kier molecular flexibility index (Phi) is 6.73. The molecule has 3 fully saturated rings. The van der Waals surface area contributed by atoms with Crippen molar-refractivity contribution >= 4 is 21.8 Å². The summed E-state index contributed by atoms with van der Waals surface area (Å²) in [6.45, 7) is 5.43. The molecule has 1 aromatic carbocycles. The van der Waals surface area contributed by atoms with Crippen LogP contribution in [0.5, 0.6) is 0 Å². The van der Waals surface area contributed by atoms with Gasteiger partial charge in [0.2, 0.25) is 21.8 Å². The van der Waals surface area contributed by atoms with E-state index in [1.165, 1.54) is 11.1 Å². The van der Waals surface area contributed by atoms with Crippen LogP contribution < -0.4 is 16.8 Å². The highest BCUT2D eigenvalue weighted by Crippen LogP contribution is 2.66. The molecule has 2 amide bonds. The molecule has 204 valence electrons. The number of amides is 2. The van der Waals surface area contributed by atoms with Crippen LogP contribution in [0.25, 0.3) is 0 Å². The zero-order chi connectivity index (χ0) is 26.6. The van der Waals surface area contributed by atoms with E-state index in [1.807, 2.05) is 0 Å². The fourth-order valence-corrected chi connectivity index (χ4v) is 10.5. The first-order valence-electron chi connectivity index (χ1n) is 13.8. The van der Waals surface area contributed by atoms with Gasteiger partial charge in [0.15, 0.2) is 0 Å². The maximum atomic E-state index is 13.9. The molecule has 1 spiro atoms. The number of nitrogens with zero attached hydrogens (tertiary/aromatic N) is 1. The molecular weight excluding hydrogens is 488 g/mol. The van der Waals surface area contributed by atoms with Crippen LogP contribution in [0, 0.1) is 16.7 Å². The minimum Gasteiger partial charge on any atom is -0.370 e. The monoisotopic (exact) mass is 530 g/mol. The summed E-state index contributed by atoms with van der Waals surface area (Å²) >= 11 is 0. The minimum absolute atomic E-state index is 0.0494. The van der Waals surface area contributed by atoms with Gasteiger partial charge in [0, 0.05) is 31.0 Å². The molecule has 1 aromatic rings. The van der Waals surface area contributed by atoms with Gasteiger partial charge in [-0.25, -0.2) is 12.7 Å². The first kappa shape index (κ1) is 26.6. The summed E-state index contributed by atoms with van der Waals surface area (Å²) in [7, 11) is -3.53. The largest absolute Gasteiger partial charge is 0.370 e. The van der Waals surface area contributed by atoms with Gasteiger partial charge in [-0.1, -0.05) is 38.1 Å². The number of primary amides is 1. The highest BCUT2D eigenvalue weighted by atomic mass is 32.2. The van der Waals surface area contributed by atoms with Gasteiger partial charge < -0.3 is 16.8 Å². The highest BCUT2D eigenvalue weighted by molar-refractivity contribution is 7.89. The molecule has 37 heavy (non-hydrogen) atoms. The first-order valence-corrected chi connectivity index (χ1v) is 15.4. The molecule has 5 N–H and O–H groups in total. The van der Waals surface area contributed by atoms with Crippen molar-refractivity contribution in [2.45, 2.75) is 89.1 Å². The number of piperidine rings is 1. The van der Waals surface area contributed by atoms with E-state index < -0.39 is 27.4 Å². The smallest absolute Gasteiger partial charge is 0.237 e. The first-order chi connectivity index (χ1) is 17.4. The quantitative estimate of drug-likeness (QED) is 0.473. The van der Waals surface area contributed by atoms with E-state index in [0.717, 1.165) is 44.9 Å². The van der Waals surface area contributed by atoms with Crippen LogP contribution >= 0.6 is 0 Å². The lowest BCUT2D eigenvalue weighted by Crippen LogP contribution is -2.57. The molecule has 4 aliphatic rings. The summed E-state index contributed by atoms with van der Waals surface area (Å²) in [5.74, 6) is -0.411. The van der Waals surface area contributed by atoms with E-state index in [9.17, 15) is 18.0 Å². The zero-order valence-electron chi connectivity index (χ0n) is 22.2. The van der Waals surface area contributed by atoms with Gasteiger partial charge >= 0.3 is 0 Å². The summed E-state index contributed by atoms with van der Waals surface area (Å²) < 4.78 is 29.6. The van der Waals surface area contributed by atoms with Crippen molar-refractivity contribution in [2.75, 3.05) is 18.8 Å². The van der Waals surface area contributed by atoms with Gasteiger partial charge in [0.25, 0.3) is 0 Å². The van der Waals surface area contributed by atoms with Crippen molar-refractivity contribution in [3.8, 4) is 0 Å². The number of carbonyl (C=O) groups is 2. The third kappa shape index (κ3) is 4.40. The van der Waals surface area contributed by atoms with Crippen molar-refractivity contribution in [1.82, 2.24) is 9.62 Å². The van der Waals surface area contributed by atoms with Gasteiger partial charge in [0.05, 0.1) is 11.8 Å². The summed E-state index contributed by atoms with van der Waals surface area (Å²) in [6.07, 6.45) is 6.63. The van der Waals surface area contributed by atoms with E-state index >= 15 is 0 Å². The molecule has 1 heterocycles. The molecule has 0 unspecified atom stereocenters. The average Bonchev–Trinajstić information content (AvgIpc) is 3.39. The Hall–Kier alpha value is -1.97. The molecule has 4 atom stereocenters. The molecule has 5 rings (SSSR count). The lowest BCUT2D eigenvalue weighted by Gasteiger charge is -2.45. The normalized spacial score (nSPS) is 30.8. The summed E-state index contributed by atoms with van der Waals surface area (Å²) in [4.78, 5) is 24.0. The topological polar surface area (TPSA) is 136 Å². The number of aryl methyl sites for hydroxylation is 1. The zero-order valence-corrected chi connectivity index (χ0v) is 23.0. The standard InChI is InChI=1S/C28H42N4O4S/c1-26(2)20-10-12-28(26,23(17-20)31-25(34)22(29)7-8-24(30)33)18-37(35,36)32-15-13-27(14-16-32)11-9-19-5-3-4-6-21(19)27/h3-6,20,22-23H,7-18,29H2,1-2H3,(H2,30,33)(H,31,34)/t20-,22-,23+,28-/m1/s1. The maximum absolute atomic E-state index is 13.9. The van der Waals surface area contributed by atoms with Crippen LogP contribution in [0.15, 0.2) is 24.3 Å². The number of nitrogens with one attached hydrogen (secondary N) is 1. The Morgan fingerprint density at radius 1 is 1.14 bits per heavy atom. The number of rotatable bonds is 8. The van der Waals surface area contributed by atoms with Crippen LogP contribution in [0.2, 0.25) is 0 Å². The lowest BCUT2D eigenvalue weighted by molar-refractivity contribution is -0.124. The second-order valence-corrected chi connectivity index (χ2v) is 14.6. The average molecular weight is 531 g/mol. The van der Waals surface area contributed by atoms with Gasteiger partial charge in [-0.2, -0.15) is 0 Å². The fourth-order valence-electron chi connectivity index (χ4n) is 8.22. The van der Waals surface area contributed by atoms with Crippen molar-refractivity contribution < 1.29 is 18.0 Å². The summed E-state index contributed by atoms with van der Waals surface area (Å²) in [5, 5.41) is 3.11. The Morgan fingerprint density at radius 3 is 2.51 bits per heavy atom. The Balaban J connectivity index is 1.30. The predicted molar refractivity (Wildman–Crippen MR) is 143 cm³/mol. The third-order valence-corrected chi connectivity index (χ3v) is 12.8.